The van der Waals surface area contributed by atoms with Gasteiger partial charge in [0.25, 0.3) is 0 Å². The minimum Gasteiger partial charge on any atom is -0.496 e. The molecule has 7 heteroatoms. The molecular weight excluding hydrogens is 294 g/mol. The van der Waals surface area contributed by atoms with Crippen LogP contribution in [-0.4, -0.2) is 37.2 Å². The maximum Gasteiger partial charge on any atom is 0.208 e. The van der Waals surface area contributed by atoms with Crippen LogP contribution in [0, 0.1) is 0 Å². The number of nitrogens with zero attached hydrogens (tertiary/aromatic N) is 3. The highest BCUT2D eigenvalue weighted by atomic mass is 32.2. The van der Waals surface area contributed by atoms with Crippen LogP contribution in [-0.2, 0) is 0 Å². The van der Waals surface area contributed by atoms with Crippen LogP contribution in [0.25, 0.3) is 0 Å². The van der Waals surface area contributed by atoms with Crippen LogP contribution < -0.4 is 9.64 Å². The number of ether oxygens (including phenoxy) is 1. The molecule has 0 unspecified atom stereocenters. The summed E-state index contributed by atoms with van der Waals surface area (Å²) in [6.07, 6.45) is 0. The van der Waals surface area contributed by atoms with Gasteiger partial charge in [0, 0.05) is 19.0 Å². The molecule has 0 amide bonds. The fraction of sp³-hybridized carbons (Fsp3) is 0.308. The predicted molar refractivity (Wildman–Crippen MR) is 81.4 cm³/mol. The molecule has 5 nitrogen and oxygen atoms in total. The third-order valence-electron chi connectivity index (χ3n) is 2.54. The number of carbonyl (C=O) groups is 1. The fourth-order valence-corrected chi connectivity index (χ4v) is 3.56. The van der Waals surface area contributed by atoms with Gasteiger partial charge in [-0.2, -0.15) is 0 Å². The van der Waals surface area contributed by atoms with Gasteiger partial charge in [-0.15, -0.1) is 10.2 Å². The largest absolute Gasteiger partial charge is 0.496 e. The summed E-state index contributed by atoms with van der Waals surface area (Å²) in [4.78, 5) is 14.5. The van der Waals surface area contributed by atoms with Crippen molar-refractivity contribution in [3.8, 4) is 5.75 Å². The van der Waals surface area contributed by atoms with Gasteiger partial charge in [-0.3, -0.25) is 4.79 Å². The van der Waals surface area contributed by atoms with E-state index in [1.165, 1.54) is 30.0 Å². The topological polar surface area (TPSA) is 55.3 Å². The van der Waals surface area contributed by atoms with Crippen molar-refractivity contribution in [3.63, 3.8) is 0 Å². The van der Waals surface area contributed by atoms with E-state index in [4.69, 9.17) is 4.74 Å². The Morgan fingerprint density at radius 3 is 2.65 bits per heavy atom. The summed E-state index contributed by atoms with van der Waals surface area (Å²) in [6.45, 7) is 1.53. The lowest BCUT2D eigenvalue weighted by Gasteiger charge is -2.09. The molecule has 0 fully saturated rings. The van der Waals surface area contributed by atoms with Crippen molar-refractivity contribution in [2.75, 3.05) is 26.1 Å². The van der Waals surface area contributed by atoms with Gasteiger partial charge in [-0.1, -0.05) is 29.2 Å². The first kappa shape index (κ1) is 14.8. The van der Waals surface area contributed by atoms with Gasteiger partial charge in [0.2, 0.25) is 5.13 Å². The lowest BCUT2D eigenvalue weighted by molar-refractivity contribution is 0.101. The Morgan fingerprint density at radius 1 is 1.35 bits per heavy atom. The standard InChI is InChI=1S/C13H15N3O2S2/c1-8(17)11-9(18-4)6-5-7-10(11)19-13-15-14-12(20-13)16(2)3/h5-7H,1-4H3. The van der Waals surface area contributed by atoms with Gasteiger partial charge in [0.1, 0.15) is 5.75 Å². The molecule has 0 spiro atoms. The van der Waals surface area contributed by atoms with Crippen LogP contribution >= 0.6 is 23.1 Å². The molecule has 0 aliphatic rings. The first-order chi connectivity index (χ1) is 9.52. The number of anilines is 1. The minimum atomic E-state index is -0.0256. The number of ketones is 1. The summed E-state index contributed by atoms with van der Waals surface area (Å²) in [6, 6.07) is 5.54. The number of rotatable bonds is 5. The van der Waals surface area contributed by atoms with E-state index in [2.05, 4.69) is 10.2 Å². The maximum atomic E-state index is 11.8. The molecule has 0 saturated heterocycles. The molecule has 0 radical (unpaired) electrons. The number of carbonyl (C=O) groups excluding carboxylic acids is 1. The van der Waals surface area contributed by atoms with E-state index in [0.717, 1.165) is 14.4 Å². The van der Waals surface area contributed by atoms with Gasteiger partial charge in [0.05, 0.1) is 12.7 Å². The highest BCUT2D eigenvalue weighted by molar-refractivity contribution is 8.01. The SMILES string of the molecule is COc1cccc(Sc2nnc(N(C)C)s2)c1C(C)=O. The van der Waals surface area contributed by atoms with Gasteiger partial charge in [-0.25, -0.2) is 0 Å². The number of aromatic nitrogens is 2. The fourth-order valence-electron chi connectivity index (χ4n) is 1.63. The third-order valence-corrected chi connectivity index (χ3v) is 4.74. The van der Waals surface area contributed by atoms with Crippen molar-refractivity contribution < 1.29 is 9.53 Å². The zero-order valence-corrected chi connectivity index (χ0v) is 13.3. The molecular formula is C13H15N3O2S2. The van der Waals surface area contributed by atoms with E-state index in [9.17, 15) is 4.79 Å². The van der Waals surface area contributed by atoms with Gasteiger partial charge >= 0.3 is 0 Å². The van der Waals surface area contributed by atoms with Crippen molar-refractivity contribution in [1.29, 1.82) is 0 Å². The second-order valence-corrected chi connectivity index (χ2v) is 6.48. The minimum absolute atomic E-state index is 0.0256. The average Bonchev–Trinajstić information content (AvgIpc) is 2.86. The van der Waals surface area contributed by atoms with Crippen LogP contribution in [0.3, 0.4) is 0 Å². The van der Waals surface area contributed by atoms with Crippen LogP contribution in [0.5, 0.6) is 5.75 Å². The van der Waals surface area contributed by atoms with E-state index in [-0.39, 0.29) is 5.78 Å². The summed E-state index contributed by atoms with van der Waals surface area (Å²) in [7, 11) is 5.40. The maximum absolute atomic E-state index is 11.8. The number of Topliss-reactive ketones (excluding diaryl/α,β-unsaturated/α-hetero) is 1. The zero-order chi connectivity index (χ0) is 14.7. The van der Waals surface area contributed by atoms with Crippen molar-refractivity contribution in [3.05, 3.63) is 23.8 Å². The first-order valence-electron chi connectivity index (χ1n) is 5.89. The second kappa shape index (κ2) is 6.23. The predicted octanol–water partition coefficient (Wildman–Crippen LogP) is 2.97. The van der Waals surface area contributed by atoms with Crippen LogP contribution in [0.15, 0.2) is 27.4 Å². The Labute approximate surface area is 126 Å². The van der Waals surface area contributed by atoms with E-state index in [1.807, 2.05) is 31.1 Å². The molecule has 2 aromatic rings. The smallest absolute Gasteiger partial charge is 0.208 e. The molecule has 0 aliphatic carbocycles. The lowest BCUT2D eigenvalue weighted by atomic mass is 10.1. The normalized spacial score (nSPS) is 10.4. The number of hydrogen-bond acceptors (Lipinski definition) is 7. The highest BCUT2D eigenvalue weighted by Gasteiger charge is 2.16. The van der Waals surface area contributed by atoms with Crippen LogP contribution in [0.1, 0.15) is 17.3 Å². The van der Waals surface area contributed by atoms with Crippen molar-refractivity contribution in [1.82, 2.24) is 10.2 Å². The molecule has 1 heterocycles. The summed E-state index contributed by atoms with van der Waals surface area (Å²) >= 11 is 2.91. The third kappa shape index (κ3) is 3.10. The Hall–Kier alpha value is -1.60. The Morgan fingerprint density at radius 2 is 2.10 bits per heavy atom. The Bertz CT molecular complexity index is 626. The summed E-state index contributed by atoms with van der Waals surface area (Å²) in [5.74, 6) is 0.558. The molecule has 1 aromatic carbocycles. The molecule has 0 atom stereocenters. The zero-order valence-electron chi connectivity index (χ0n) is 11.7. The molecule has 0 bridgehead atoms. The summed E-state index contributed by atoms with van der Waals surface area (Å²) in [5.41, 5.74) is 0.585. The highest BCUT2D eigenvalue weighted by Crippen LogP contribution is 2.37. The molecule has 20 heavy (non-hydrogen) atoms. The van der Waals surface area contributed by atoms with E-state index in [0.29, 0.717) is 11.3 Å². The molecule has 106 valence electrons. The van der Waals surface area contributed by atoms with Gasteiger partial charge in [-0.05, 0) is 19.1 Å². The monoisotopic (exact) mass is 309 g/mol. The quantitative estimate of drug-likeness (QED) is 0.792. The molecule has 0 aliphatic heterocycles. The van der Waals surface area contributed by atoms with E-state index in [1.54, 1.807) is 13.2 Å². The average molecular weight is 309 g/mol. The molecule has 2 rings (SSSR count). The second-order valence-electron chi connectivity index (χ2n) is 4.24. The lowest BCUT2D eigenvalue weighted by Crippen LogP contribution is -2.07. The Kier molecular flexibility index (Phi) is 4.61. The van der Waals surface area contributed by atoms with E-state index >= 15 is 0 Å². The van der Waals surface area contributed by atoms with Crippen molar-refractivity contribution in [2.24, 2.45) is 0 Å². The van der Waals surface area contributed by atoms with Gasteiger partial charge in [0.15, 0.2) is 10.1 Å². The van der Waals surface area contributed by atoms with Crippen molar-refractivity contribution in [2.45, 2.75) is 16.2 Å². The summed E-state index contributed by atoms with van der Waals surface area (Å²) in [5, 5.41) is 9.05. The van der Waals surface area contributed by atoms with Crippen LogP contribution in [0.4, 0.5) is 5.13 Å². The number of hydrogen-bond donors (Lipinski definition) is 0. The van der Waals surface area contributed by atoms with E-state index < -0.39 is 0 Å². The van der Waals surface area contributed by atoms with Gasteiger partial charge < -0.3 is 9.64 Å². The first-order valence-corrected chi connectivity index (χ1v) is 7.53. The molecule has 1 aromatic heterocycles. The van der Waals surface area contributed by atoms with Crippen molar-refractivity contribution >= 4 is 34.0 Å². The van der Waals surface area contributed by atoms with Crippen LogP contribution in [0.2, 0.25) is 0 Å². The Balaban J connectivity index is 2.35. The summed E-state index contributed by atoms with van der Waals surface area (Å²) < 4.78 is 6.05. The number of benzene rings is 1. The molecule has 0 N–H and O–H groups in total. The number of methoxy groups -OCH3 is 1. The molecule has 0 saturated carbocycles.